The van der Waals surface area contributed by atoms with Gasteiger partial charge in [0.2, 0.25) is 0 Å². The second-order valence-corrected chi connectivity index (χ2v) is 3.31. The van der Waals surface area contributed by atoms with E-state index in [0.717, 1.165) is 29.7 Å². The van der Waals surface area contributed by atoms with Crippen LogP contribution in [0.4, 0.5) is 5.82 Å². The van der Waals surface area contributed by atoms with Crippen molar-refractivity contribution in [2.45, 2.75) is 12.8 Å². The topological polar surface area (TPSA) is 37.8 Å². The third-order valence-electron chi connectivity index (χ3n) is 1.46. The van der Waals surface area contributed by atoms with Gasteiger partial charge in [0, 0.05) is 19.2 Å². The Balaban J connectivity index is 2.37. The maximum atomic E-state index is 5.13. The van der Waals surface area contributed by atoms with Crippen LogP contribution in [-0.4, -0.2) is 16.5 Å². The molecule has 13 heavy (non-hydrogen) atoms. The molecule has 0 fully saturated rings. The minimum absolute atomic E-state index is 0.787. The van der Waals surface area contributed by atoms with Crippen LogP contribution in [0, 0.1) is 12.3 Å². The summed E-state index contributed by atoms with van der Waals surface area (Å²) in [5, 5.41) is 3.15. The first kappa shape index (κ1) is 10.0. The van der Waals surface area contributed by atoms with Gasteiger partial charge in [-0.25, -0.2) is 9.97 Å². The summed E-state index contributed by atoms with van der Waals surface area (Å²) >= 11 is 3.34. The molecule has 1 aromatic heterocycles. The van der Waals surface area contributed by atoms with Crippen molar-refractivity contribution in [2.75, 3.05) is 11.9 Å². The zero-order chi connectivity index (χ0) is 9.52. The fraction of sp³-hybridized carbons (Fsp3) is 0.333. The zero-order valence-corrected chi connectivity index (χ0v) is 8.71. The molecule has 0 aliphatic carbocycles. The molecule has 0 spiro atoms. The average molecular weight is 240 g/mol. The van der Waals surface area contributed by atoms with Crippen LogP contribution in [0.2, 0.25) is 0 Å². The average Bonchev–Trinajstić information content (AvgIpc) is 2.15. The lowest BCUT2D eigenvalue weighted by molar-refractivity contribution is 0.898. The molecular weight excluding hydrogens is 230 g/mol. The normalized spacial score (nSPS) is 9.23. The monoisotopic (exact) mass is 239 g/mol. The van der Waals surface area contributed by atoms with Gasteiger partial charge in [0.15, 0.2) is 0 Å². The van der Waals surface area contributed by atoms with E-state index in [4.69, 9.17) is 6.42 Å². The van der Waals surface area contributed by atoms with Crippen LogP contribution in [0.25, 0.3) is 0 Å². The molecule has 0 unspecified atom stereocenters. The van der Waals surface area contributed by atoms with E-state index < -0.39 is 0 Å². The fourth-order valence-electron chi connectivity index (χ4n) is 0.840. The van der Waals surface area contributed by atoms with Crippen molar-refractivity contribution in [1.29, 1.82) is 0 Å². The molecule has 1 heterocycles. The summed E-state index contributed by atoms with van der Waals surface area (Å²) in [5.74, 6) is 3.40. The Morgan fingerprint density at radius 1 is 1.62 bits per heavy atom. The number of rotatable bonds is 4. The van der Waals surface area contributed by atoms with Gasteiger partial charge < -0.3 is 5.32 Å². The summed E-state index contributed by atoms with van der Waals surface area (Å²) < 4.78 is 0.871. The van der Waals surface area contributed by atoms with E-state index in [1.807, 2.05) is 0 Å². The number of nitrogens with zero attached hydrogens (tertiary/aromatic N) is 2. The molecule has 1 rings (SSSR count). The molecule has 0 bridgehead atoms. The largest absolute Gasteiger partial charge is 0.369 e. The van der Waals surface area contributed by atoms with Crippen molar-refractivity contribution in [3.8, 4) is 12.3 Å². The molecule has 4 heteroatoms. The third kappa shape index (κ3) is 3.43. The van der Waals surface area contributed by atoms with E-state index in [0.29, 0.717) is 0 Å². The highest BCUT2D eigenvalue weighted by atomic mass is 79.9. The number of aromatic nitrogens is 2. The van der Waals surface area contributed by atoms with Crippen molar-refractivity contribution in [1.82, 2.24) is 9.97 Å². The van der Waals surface area contributed by atoms with Crippen molar-refractivity contribution < 1.29 is 0 Å². The zero-order valence-electron chi connectivity index (χ0n) is 7.13. The van der Waals surface area contributed by atoms with E-state index in [1.54, 1.807) is 6.20 Å². The molecule has 0 aromatic carbocycles. The number of anilines is 1. The Kier molecular flexibility index (Phi) is 4.27. The molecule has 0 saturated carbocycles. The molecule has 3 nitrogen and oxygen atoms in total. The van der Waals surface area contributed by atoms with Crippen LogP contribution in [0.1, 0.15) is 12.8 Å². The maximum Gasteiger partial charge on any atom is 0.143 e. The smallest absolute Gasteiger partial charge is 0.143 e. The standard InChI is InChI=1S/C9H10BrN3/c1-2-3-4-5-12-9-8(10)6-11-7-13-9/h1,6-7H,3-5H2,(H,11,12,13). The van der Waals surface area contributed by atoms with Crippen LogP contribution < -0.4 is 5.32 Å². The summed E-state index contributed by atoms with van der Waals surface area (Å²) in [6.07, 6.45) is 10.1. The summed E-state index contributed by atoms with van der Waals surface area (Å²) in [5.41, 5.74) is 0. The van der Waals surface area contributed by atoms with E-state index in [9.17, 15) is 0 Å². The number of nitrogens with one attached hydrogen (secondary N) is 1. The molecular formula is C9H10BrN3. The highest BCUT2D eigenvalue weighted by Gasteiger charge is 1.97. The minimum Gasteiger partial charge on any atom is -0.369 e. The SMILES string of the molecule is C#CCCCNc1ncncc1Br. The second kappa shape index (κ2) is 5.55. The number of unbranched alkanes of at least 4 members (excludes halogenated alkanes) is 1. The van der Waals surface area contributed by atoms with Crippen LogP contribution in [-0.2, 0) is 0 Å². The van der Waals surface area contributed by atoms with Crippen LogP contribution >= 0.6 is 15.9 Å². The molecule has 1 aromatic rings. The van der Waals surface area contributed by atoms with E-state index in [-0.39, 0.29) is 0 Å². The Labute approximate surface area is 86.1 Å². The Morgan fingerprint density at radius 2 is 2.46 bits per heavy atom. The van der Waals surface area contributed by atoms with Gasteiger partial charge in [-0.3, -0.25) is 0 Å². The molecule has 0 atom stereocenters. The van der Waals surface area contributed by atoms with E-state index >= 15 is 0 Å². The number of hydrogen-bond acceptors (Lipinski definition) is 3. The fourth-order valence-corrected chi connectivity index (χ4v) is 1.20. The van der Waals surface area contributed by atoms with E-state index in [2.05, 4.69) is 37.1 Å². The lowest BCUT2D eigenvalue weighted by atomic mass is 10.3. The molecule has 1 N–H and O–H groups in total. The van der Waals surface area contributed by atoms with Crippen molar-refractivity contribution in [2.24, 2.45) is 0 Å². The van der Waals surface area contributed by atoms with Gasteiger partial charge in [0.25, 0.3) is 0 Å². The predicted molar refractivity (Wildman–Crippen MR) is 56.3 cm³/mol. The highest BCUT2D eigenvalue weighted by molar-refractivity contribution is 9.10. The van der Waals surface area contributed by atoms with Gasteiger partial charge in [-0.15, -0.1) is 12.3 Å². The van der Waals surface area contributed by atoms with Crippen LogP contribution in [0.15, 0.2) is 17.0 Å². The summed E-state index contributed by atoms with van der Waals surface area (Å²) in [6.45, 7) is 0.833. The maximum absolute atomic E-state index is 5.13. The first-order chi connectivity index (χ1) is 6.34. The second-order valence-electron chi connectivity index (χ2n) is 2.45. The van der Waals surface area contributed by atoms with Gasteiger partial charge in [-0.05, 0) is 22.4 Å². The van der Waals surface area contributed by atoms with Gasteiger partial charge in [0.05, 0.1) is 4.47 Å². The first-order valence-corrected chi connectivity index (χ1v) is 4.76. The molecule has 0 aliphatic heterocycles. The summed E-state index contributed by atoms with van der Waals surface area (Å²) in [7, 11) is 0. The first-order valence-electron chi connectivity index (χ1n) is 3.97. The third-order valence-corrected chi connectivity index (χ3v) is 2.04. The van der Waals surface area contributed by atoms with Gasteiger partial charge >= 0.3 is 0 Å². The van der Waals surface area contributed by atoms with Crippen LogP contribution in [0.3, 0.4) is 0 Å². The van der Waals surface area contributed by atoms with Gasteiger partial charge in [0.1, 0.15) is 12.1 Å². The summed E-state index contributed by atoms with van der Waals surface area (Å²) in [4.78, 5) is 7.91. The van der Waals surface area contributed by atoms with Crippen molar-refractivity contribution in [3.63, 3.8) is 0 Å². The Morgan fingerprint density at radius 3 is 3.15 bits per heavy atom. The quantitative estimate of drug-likeness (QED) is 0.646. The Hall–Kier alpha value is -1.08. The summed E-state index contributed by atoms with van der Waals surface area (Å²) in [6, 6.07) is 0. The number of hydrogen-bond donors (Lipinski definition) is 1. The predicted octanol–water partition coefficient (Wildman–Crippen LogP) is 2.06. The molecule has 0 aliphatic rings. The molecule has 0 radical (unpaired) electrons. The van der Waals surface area contributed by atoms with Crippen molar-refractivity contribution >= 4 is 21.7 Å². The van der Waals surface area contributed by atoms with Crippen LogP contribution in [0.5, 0.6) is 0 Å². The van der Waals surface area contributed by atoms with Gasteiger partial charge in [-0.1, -0.05) is 0 Å². The minimum atomic E-state index is 0.787. The van der Waals surface area contributed by atoms with E-state index in [1.165, 1.54) is 6.33 Å². The number of halogens is 1. The van der Waals surface area contributed by atoms with Gasteiger partial charge in [-0.2, -0.15) is 0 Å². The Bertz CT molecular complexity index is 306. The molecule has 0 saturated heterocycles. The number of terminal acetylenes is 1. The lowest BCUT2D eigenvalue weighted by Gasteiger charge is -2.04. The lowest BCUT2D eigenvalue weighted by Crippen LogP contribution is -2.03. The molecule has 0 amide bonds. The van der Waals surface area contributed by atoms with Crippen molar-refractivity contribution in [3.05, 3.63) is 17.0 Å². The highest BCUT2D eigenvalue weighted by Crippen LogP contribution is 2.16. The molecule has 68 valence electrons.